The SMILES string of the molecule is [B]1CCOCC1. The lowest BCUT2D eigenvalue weighted by atomic mass is 9.70. The summed E-state index contributed by atoms with van der Waals surface area (Å²) in [5.41, 5.74) is 0. The zero-order chi connectivity index (χ0) is 4.24. The Morgan fingerprint density at radius 2 is 1.83 bits per heavy atom. The van der Waals surface area contributed by atoms with Crippen molar-refractivity contribution < 1.29 is 4.74 Å². The lowest BCUT2D eigenvalue weighted by Crippen LogP contribution is -2.08. The molecule has 33 valence electrons. The van der Waals surface area contributed by atoms with Gasteiger partial charge >= 0.3 is 0 Å². The highest BCUT2D eigenvalue weighted by molar-refractivity contribution is 6.35. The van der Waals surface area contributed by atoms with Gasteiger partial charge in [0.15, 0.2) is 0 Å². The fraction of sp³-hybridized carbons (Fsp3) is 1.00. The summed E-state index contributed by atoms with van der Waals surface area (Å²) in [6, 6.07) is 0. The fourth-order valence-electron chi connectivity index (χ4n) is 0.580. The summed E-state index contributed by atoms with van der Waals surface area (Å²) in [5.74, 6) is 0. The molecule has 0 N–H and O–H groups in total. The lowest BCUT2D eigenvalue weighted by molar-refractivity contribution is 0.152. The molecule has 0 spiro atoms. The van der Waals surface area contributed by atoms with Crippen molar-refractivity contribution in [3.63, 3.8) is 0 Å². The quantitative estimate of drug-likeness (QED) is 0.388. The van der Waals surface area contributed by atoms with E-state index in [1.54, 1.807) is 0 Å². The first-order valence-electron chi connectivity index (χ1n) is 2.39. The van der Waals surface area contributed by atoms with E-state index in [0.717, 1.165) is 25.9 Å². The monoisotopic (exact) mass is 83.1 g/mol. The summed E-state index contributed by atoms with van der Waals surface area (Å²) in [5, 5.41) is 0. The number of rotatable bonds is 0. The summed E-state index contributed by atoms with van der Waals surface area (Å²) in [7, 11) is 2.27. The Labute approximate surface area is 38.9 Å². The normalized spacial score (nSPS) is 22.7. The van der Waals surface area contributed by atoms with Crippen molar-refractivity contribution in [1.29, 1.82) is 0 Å². The zero-order valence-electron chi connectivity index (χ0n) is 3.81. The van der Waals surface area contributed by atoms with E-state index >= 15 is 0 Å². The van der Waals surface area contributed by atoms with Crippen LogP contribution in [-0.4, -0.2) is 20.5 Å². The van der Waals surface area contributed by atoms with E-state index < -0.39 is 0 Å². The molecule has 1 aliphatic rings. The third kappa shape index (κ3) is 1.01. The highest BCUT2D eigenvalue weighted by Crippen LogP contribution is 1.95. The van der Waals surface area contributed by atoms with E-state index in [9.17, 15) is 0 Å². The van der Waals surface area contributed by atoms with Crippen LogP contribution in [0.4, 0.5) is 0 Å². The van der Waals surface area contributed by atoms with Crippen molar-refractivity contribution in [2.75, 3.05) is 13.2 Å². The van der Waals surface area contributed by atoms with Crippen LogP contribution in [0, 0.1) is 0 Å². The Kier molecular flexibility index (Phi) is 1.57. The summed E-state index contributed by atoms with van der Waals surface area (Å²) in [4.78, 5) is 0. The predicted octanol–water partition coefficient (Wildman–Crippen LogP) is 0.557. The second-order valence-corrected chi connectivity index (χ2v) is 1.48. The highest BCUT2D eigenvalue weighted by Gasteiger charge is 1.96. The van der Waals surface area contributed by atoms with Crippen molar-refractivity contribution >= 4 is 7.28 Å². The maximum atomic E-state index is 5.04. The number of hydrogen-bond donors (Lipinski definition) is 0. The van der Waals surface area contributed by atoms with E-state index in [-0.39, 0.29) is 0 Å². The summed E-state index contributed by atoms with van der Waals surface area (Å²) >= 11 is 0. The molecule has 2 heteroatoms. The summed E-state index contributed by atoms with van der Waals surface area (Å²) in [6.07, 6.45) is 2.31. The molecule has 0 bridgehead atoms. The molecule has 0 amide bonds. The molecule has 0 unspecified atom stereocenters. The van der Waals surface area contributed by atoms with E-state index in [1.807, 2.05) is 0 Å². The average molecular weight is 82.9 g/mol. The highest BCUT2D eigenvalue weighted by atomic mass is 16.5. The minimum atomic E-state index is 0.944. The summed E-state index contributed by atoms with van der Waals surface area (Å²) < 4.78 is 5.04. The lowest BCUT2D eigenvalue weighted by Gasteiger charge is -2.06. The second-order valence-electron chi connectivity index (χ2n) is 1.48. The maximum Gasteiger partial charge on any atom is 0.115 e. The Bertz CT molecular complexity index is 23.0. The van der Waals surface area contributed by atoms with Crippen LogP contribution in [0.3, 0.4) is 0 Å². The molecular formula is C4H8BO. The van der Waals surface area contributed by atoms with E-state index in [2.05, 4.69) is 7.28 Å². The van der Waals surface area contributed by atoms with Crippen molar-refractivity contribution in [2.24, 2.45) is 0 Å². The molecule has 1 heterocycles. The average Bonchev–Trinajstić information content (AvgIpc) is 1.72. The topological polar surface area (TPSA) is 9.23 Å². The molecule has 1 nitrogen and oxygen atoms in total. The van der Waals surface area contributed by atoms with Gasteiger partial charge in [-0.15, -0.1) is 0 Å². The van der Waals surface area contributed by atoms with Gasteiger partial charge in [0.2, 0.25) is 0 Å². The molecule has 0 aromatic heterocycles. The predicted molar refractivity (Wildman–Crippen MR) is 26.2 cm³/mol. The number of ether oxygens (including phenoxy) is 1. The van der Waals surface area contributed by atoms with Gasteiger partial charge < -0.3 is 4.74 Å². The molecule has 0 atom stereocenters. The molecule has 1 rings (SSSR count). The van der Waals surface area contributed by atoms with Crippen LogP contribution >= 0.6 is 0 Å². The van der Waals surface area contributed by atoms with Gasteiger partial charge in [0, 0.05) is 13.2 Å². The first kappa shape index (κ1) is 4.19. The minimum Gasteiger partial charge on any atom is -0.383 e. The fourth-order valence-corrected chi connectivity index (χ4v) is 0.580. The zero-order valence-corrected chi connectivity index (χ0v) is 3.81. The van der Waals surface area contributed by atoms with Crippen LogP contribution in [0.2, 0.25) is 12.6 Å². The van der Waals surface area contributed by atoms with Gasteiger partial charge in [0.25, 0.3) is 0 Å². The molecular weight excluding hydrogens is 74.9 g/mol. The standard InChI is InChI=1S/C4H8BO/c1-3-6-4-2-5-1/h1-4H2. The van der Waals surface area contributed by atoms with E-state index in [4.69, 9.17) is 4.74 Å². The van der Waals surface area contributed by atoms with Crippen LogP contribution in [0.5, 0.6) is 0 Å². The Balaban J connectivity index is 2.00. The Morgan fingerprint density at radius 3 is 2.00 bits per heavy atom. The number of hydrogen-bond acceptors (Lipinski definition) is 1. The van der Waals surface area contributed by atoms with Crippen LogP contribution in [0.25, 0.3) is 0 Å². The molecule has 1 fully saturated rings. The van der Waals surface area contributed by atoms with Gasteiger partial charge in [-0.05, 0) is 0 Å². The third-order valence-electron chi connectivity index (χ3n) is 0.933. The van der Waals surface area contributed by atoms with Crippen LogP contribution < -0.4 is 0 Å². The van der Waals surface area contributed by atoms with Gasteiger partial charge in [-0.2, -0.15) is 0 Å². The van der Waals surface area contributed by atoms with Crippen LogP contribution in [-0.2, 0) is 4.74 Å². The summed E-state index contributed by atoms with van der Waals surface area (Å²) in [6.45, 7) is 1.89. The Morgan fingerprint density at radius 1 is 1.17 bits per heavy atom. The van der Waals surface area contributed by atoms with Gasteiger partial charge in [-0.25, -0.2) is 0 Å². The van der Waals surface area contributed by atoms with Gasteiger partial charge in [0.1, 0.15) is 7.28 Å². The largest absolute Gasteiger partial charge is 0.383 e. The van der Waals surface area contributed by atoms with Crippen molar-refractivity contribution in [1.82, 2.24) is 0 Å². The van der Waals surface area contributed by atoms with Gasteiger partial charge in [-0.1, -0.05) is 12.6 Å². The molecule has 0 saturated carbocycles. The van der Waals surface area contributed by atoms with Gasteiger partial charge in [0.05, 0.1) is 0 Å². The van der Waals surface area contributed by atoms with Crippen LogP contribution in [0.1, 0.15) is 0 Å². The first-order valence-corrected chi connectivity index (χ1v) is 2.39. The molecule has 1 aliphatic heterocycles. The van der Waals surface area contributed by atoms with Crippen molar-refractivity contribution in [2.45, 2.75) is 12.6 Å². The molecule has 0 aromatic carbocycles. The first-order chi connectivity index (χ1) is 3.00. The smallest absolute Gasteiger partial charge is 0.115 e. The molecule has 1 radical (unpaired) electrons. The molecule has 6 heavy (non-hydrogen) atoms. The van der Waals surface area contributed by atoms with Crippen molar-refractivity contribution in [3.05, 3.63) is 0 Å². The molecule has 1 saturated heterocycles. The minimum absolute atomic E-state index is 0.944. The Hall–Kier alpha value is 0.0249. The van der Waals surface area contributed by atoms with E-state index in [0.29, 0.717) is 0 Å². The van der Waals surface area contributed by atoms with Crippen LogP contribution in [0.15, 0.2) is 0 Å². The maximum absolute atomic E-state index is 5.04. The van der Waals surface area contributed by atoms with Crippen molar-refractivity contribution in [3.8, 4) is 0 Å². The van der Waals surface area contributed by atoms with E-state index in [1.165, 1.54) is 0 Å². The molecule has 0 aromatic rings. The van der Waals surface area contributed by atoms with Gasteiger partial charge in [-0.3, -0.25) is 0 Å². The third-order valence-corrected chi connectivity index (χ3v) is 0.933. The molecule has 0 aliphatic carbocycles. The second kappa shape index (κ2) is 2.24.